The Morgan fingerprint density at radius 3 is 2.86 bits per heavy atom. The Labute approximate surface area is 170 Å². The average molecular weight is 418 g/mol. The van der Waals surface area contributed by atoms with Crippen molar-refractivity contribution < 1.29 is 13.9 Å². The Bertz CT molecular complexity index is 909. The summed E-state index contributed by atoms with van der Waals surface area (Å²) in [6.45, 7) is 2.46. The van der Waals surface area contributed by atoms with E-state index in [1.165, 1.54) is 23.1 Å². The van der Waals surface area contributed by atoms with Gasteiger partial charge in [-0.25, -0.2) is 4.98 Å². The third-order valence-corrected chi connectivity index (χ3v) is 5.65. The molecule has 1 saturated heterocycles. The number of ether oxygens (including phenoxy) is 1. The summed E-state index contributed by atoms with van der Waals surface area (Å²) in [5.41, 5.74) is 1.85. The molecule has 1 amide bonds. The summed E-state index contributed by atoms with van der Waals surface area (Å²) in [5, 5.41) is 14.5. The van der Waals surface area contributed by atoms with Gasteiger partial charge in [-0.05, 0) is 12.1 Å². The number of thioether (sulfide) groups is 1. The number of carbonyl (C=O) groups excluding carboxylic acids is 1. The van der Waals surface area contributed by atoms with E-state index < -0.39 is 0 Å². The standard InChI is InChI=1S/C18H19N5O3S2/c24-16(23-6-8-25-9-7-23)12-28-18-22-21-15(26-18)10-14-11-27-17(20-14)19-13-4-2-1-3-5-13/h1-5,11H,6-10,12H2,(H,19,20). The second-order valence-electron chi connectivity index (χ2n) is 6.06. The molecule has 2 aromatic heterocycles. The molecule has 1 aromatic carbocycles. The molecule has 0 spiro atoms. The summed E-state index contributed by atoms with van der Waals surface area (Å²) >= 11 is 2.78. The highest BCUT2D eigenvalue weighted by atomic mass is 32.2. The summed E-state index contributed by atoms with van der Waals surface area (Å²) in [7, 11) is 0. The van der Waals surface area contributed by atoms with Crippen molar-refractivity contribution in [2.24, 2.45) is 0 Å². The minimum atomic E-state index is 0.0594. The van der Waals surface area contributed by atoms with Crippen LogP contribution in [0.25, 0.3) is 0 Å². The number of hydrogen-bond donors (Lipinski definition) is 1. The van der Waals surface area contributed by atoms with E-state index in [2.05, 4.69) is 20.5 Å². The number of carbonyl (C=O) groups is 1. The minimum Gasteiger partial charge on any atom is -0.416 e. The van der Waals surface area contributed by atoms with E-state index in [0.29, 0.717) is 43.8 Å². The Kier molecular flexibility index (Phi) is 6.20. The van der Waals surface area contributed by atoms with Crippen molar-refractivity contribution in [1.29, 1.82) is 0 Å². The number of thiazole rings is 1. The van der Waals surface area contributed by atoms with Crippen molar-refractivity contribution in [3.05, 3.63) is 47.3 Å². The fraction of sp³-hybridized carbons (Fsp3) is 0.333. The highest BCUT2D eigenvalue weighted by Crippen LogP contribution is 2.23. The predicted octanol–water partition coefficient (Wildman–Crippen LogP) is 2.81. The van der Waals surface area contributed by atoms with Crippen molar-refractivity contribution in [2.45, 2.75) is 11.6 Å². The van der Waals surface area contributed by atoms with Crippen LogP contribution in [-0.4, -0.2) is 58.0 Å². The van der Waals surface area contributed by atoms with Gasteiger partial charge in [0.05, 0.1) is 31.1 Å². The van der Waals surface area contributed by atoms with E-state index in [-0.39, 0.29) is 11.7 Å². The number of rotatable bonds is 7. The van der Waals surface area contributed by atoms with Gasteiger partial charge in [0.25, 0.3) is 5.22 Å². The summed E-state index contributed by atoms with van der Waals surface area (Å²) in [4.78, 5) is 18.5. The highest BCUT2D eigenvalue weighted by molar-refractivity contribution is 7.99. The summed E-state index contributed by atoms with van der Waals surface area (Å²) in [5.74, 6) is 0.825. The smallest absolute Gasteiger partial charge is 0.277 e. The van der Waals surface area contributed by atoms with Gasteiger partial charge in [-0.2, -0.15) is 0 Å². The topological polar surface area (TPSA) is 93.4 Å². The molecule has 3 aromatic rings. The summed E-state index contributed by atoms with van der Waals surface area (Å²) in [6, 6.07) is 9.89. The lowest BCUT2D eigenvalue weighted by atomic mass is 10.3. The molecular formula is C18H19N5O3S2. The minimum absolute atomic E-state index is 0.0594. The highest BCUT2D eigenvalue weighted by Gasteiger charge is 2.18. The lowest BCUT2D eigenvalue weighted by Gasteiger charge is -2.26. The van der Waals surface area contributed by atoms with Gasteiger partial charge < -0.3 is 19.4 Å². The van der Waals surface area contributed by atoms with E-state index in [1.54, 1.807) is 4.90 Å². The third-order valence-electron chi connectivity index (χ3n) is 4.04. The SMILES string of the molecule is O=C(CSc1nnc(Cc2csc(Nc3ccccc3)n2)o1)N1CCOCC1. The molecular weight excluding hydrogens is 398 g/mol. The molecule has 8 nitrogen and oxygen atoms in total. The van der Waals surface area contributed by atoms with Crippen molar-refractivity contribution in [3.63, 3.8) is 0 Å². The van der Waals surface area contributed by atoms with E-state index in [0.717, 1.165) is 16.5 Å². The van der Waals surface area contributed by atoms with Crippen LogP contribution < -0.4 is 5.32 Å². The van der Waals surface area contributed by atoms with Gasteiger partial charge in [0, 0.05) is 24.2 Å². The fourth-order valence-corrected chi connectivity index (χ4v) is 4.05. The van der Waals surface area contributed by atoms with E-state index in [1.807, 2.05) is 35.7 Å². The number of nitrogens with one attached hydrogen (secondary N) is 1. The number of benzene rings is 1. The maximum Gasteiger partial charge on any atom is 0.277 e. The van der Waals surface area contributed by atoms with Crippen molar-refractivity contribution in [3.8, 4) is 0 Å². The van der Waals surface area contributed by atoms with Crippen molar-refractivity contribution in [2.75, 3.05) is 37.4 Å². The van der Waals surface area contributed by atoms with Crippen LogP contribution >= 0.6 is 23.1 Å². The van der Waals surface area contributed by atoms with Gasteiger partial charge in [-0.15, -0.1) is 21.5 Å². The first-order valence-corrected chi connectivity index (χ1v) is 10.7. The van der Waals surface area contributed by atoms with Gasteiger partial charge >= 0.3 is 0 Å². The number of anilines is 2. The summed E-state index contributed by atoms with van der Waals surface area (Å²) < 4.78 is 10.9. The first-order chi connectivity index (χ1) is 13.8. The number of morpholine rings is 1. The van der Waals surface area contributed by atoms with Gasteiger partial charge in [0.1, 0.15) is 0 Å². The molecule has 0 aliphatic carbocycles. The maximum absolute atomic E-state index is 12.2. The zero-order valence-corrected chi connectivity index (χ0v) is 16.7. The Hall–Kier alpha value is -2.43. The molecule has 1 fully saturated rings. The largest absolute Gasteiger partial charge is 0.416 e. The zero-order chi connectivity index (χ0) is 19.2. The number of para-hydroxylation sites is 1. The van der Waals surface area contributed by atoms with Crippen LogP contribution in [0.4, 0.5) is 10.8 Å². The van der Waals surface area contributed by atoms with Gasteiger partial charge in [0.15, 0.2) is 5.13 Å². The first-order valence-electron chi connectivity index (χ1n) is 8.83. The van der Waals surface area contributed by atoms with E-state index in [4.69, 9.17) is 9.15 Å². The van der Waals surface area contributed by atoms with Crippen LogP contribution in [0, 0.1) is 0 Å². The molecule has 4 rings (SSSR count). The third kappa shape index (κ3) is 5.09. The van der Waals surface area contributed by atoms with Crippen LogP contribution in [0.2, 0.25) is 0 Å². The number of hydrogen-bond acceptors (Lipinski definition) is 9. The Morgan fingerprint density at radius 2 is 2.04 bits per heavy atom. The monoisotopic (exact) mass is 417 g/mol. The molecule has 0 saturated carbocycles. The van der Waals surface area contributed by atoms with E-state index in [9.17, 15) is 4.79 Å². The lowest BCUT2D eigenvalue weighted by molar-refractivity contribution is -0.132. The first kappa shape index (κ1) is 18.9. The van der Waals surface area contributed by atoms with Gasteiger partial charge in [-0.3, -0.25) is 4.79 Å². The normalized spacial score (nSPS) is 14.2. The van der Waals surface area contributed by atoms with Crippen molar-refractivity contribution in [1.82, 2.24) is 20.1 Å². The molecule has 1 aliphatic rings. The molecule has 0 radical (unpaired) electrons. The van der Waals surface area contributed by atoms with Gasteiger partial charge in [0.2, 0.25) is 11.8 Å². The molecule has 146 valence electrons. The van der Waals surface area contributed by atoms with Crippen LogP contribution in [0.15, 0.2) is 45.4 Å². The van der Waals surface area contributed by atoms with Crippen molar-refractivity contribution >= 4 is 39.8 Å². The Morgan fingerprint density at radius 1 is 1.21 bits per heavy atom. The lowest BCUT2D eigenvalue weighted by Crippen LogP contribution is -2.41. The maximum atomic E-state index is 12.2. The van der Waals surface area contributed by atoms with E-state index >= 15 is 0 Å². The molecule has 3 heterocycles. The number of nitrogens with zero attached hydrogens (tertiary/aromatic N) is 4. The second-order valence-corrected chi connectivity index (χ2v) is 7.84. The molecule has 0 bridgehead atoms. The molecule has 0 unspecified atom stereocenters. The van der Waals surface area contributed by atoms with Crippen LogP contribution in [0.5, 0.6) is 0 Å². The van der Waals surface area contributed by atoms with Crippen LogP contribution in [0.1, 0.15) is 11.6 Å². The average Bonchev–Trinajstić information content (AvgIpc) is 3.37. The summed E-state index contributed by atoms with van der Waals surface area (Å²) in [6.07, 6.45) is 0.456. The molecule has 28 heavy (non-hydrogen) atoms. The quantitative estimate of drug-likeness (QED) is 0.587. The van der Waals surface area contributed by atoms with Crippen LogP contribution in [0.3, 0.4) is 0 Å². The molecule has 10 heteroatoms. The molecule has 1 aliphatic heterocycles. The number of aromatic nitrogens is 3. The second kappa shape index (κ2) is 9.18. The number of amides is 1. The van der Waals surface area contributed by atoms with Crippen LogP contribution in [-0.2, 0) is 16.0 Å². The zero-order valence-electron chi connectivity index (χ0n) is 15.0. The molecule has 0 atom stereocenters. The Balaban J connectivity index is 1.28. The molecule has 1 N–H and O–H groups in total. The predicted molar refractivity (Wildman–Crippen MR) is 107 cm³/mol. The van der Waals surface area contributed by atoms with Gasteiger partial charge in [-0.1, -0.05) is 30.0 Å². The fourth-order valence-electron chi connectivity index (χ4n) is 2.64.